The van der Waals surface area contributed by atoms with Crippen LogP contribution in [0.3, 0.4) is 0 Å². The monoisotopic (exact) mass is 362 g/mol. The lowest BCUT2D eigenvalue weighted by Gasteiger charge is -2.18. The number of fused-ring (bicyclic) bond motifs is 1. The quantitative estimate of drug-likeness (QED) is 0.757. The number of aryl methyl sites for hydroxylation is 1. The van der Waals surface area contributed by atoms with Crippen LogP contribution in [0.15, 0.2) is 48.8 Å². The molecule has 27 heavy (non-hydrogen) atoms. The van der Waals surface area contributed by atoms with Gasteiger partial charge in [0, 0.05) is 50.4 Å². The minimum Gasteiger partial charge on any atom is -0.359 e. The van der Waals surface area contributed by atoms with Crippen LogP contribution in [0.25, 0.3) is 22.2 Å². The molecule has 6 heteroatoms. The fourth-order valence-corrected chi connectivity index (χ4v) is 2.88. The fourth-order valence-electron chi connectivity index (χ4n) is 2.88. The van der Waals surface area contributed by atoms with Gasteiger partial charge in [-0.05, 0) is 37.3 Å². The van der Waals surface area contributed by atoms with E-state index in [-0.39, 0.29) is 18.2 Å². The second-order valence-electron chi connectivity index (χ2n) is 6.47. The molecule has 0 spiro atoms. The summed E-state index contributed by atoms with van der Waals surface area (Å²) in [6.45, 7) is 2.33. The highest BCUT2D eigenvalue weighted by Crippen LogP contribution is 2.26. The highest BCUT2D eigenvalue weighted by molar-refractivity contribution is 6.07. The van der Waals surface area contributed by atoms with Crippen molar-refractivity contribution in [2.45, 2.75) is 13.3 Å². The number of hydrogen-bond acceptors (Lipinski definition) is 4. The van der Waals surface area contributed by atoms with E-state index in [9.17, 15) is 9.59 Å². The van der Waals surface area contributed by atoms with Crippen molar-refractivity contribution < 1.29 is 9.59 Å². The Morgan fingerprint density at radius 2 is 2.00 bits per heavy atom. The van der Waals surface area contributed by atoms with E-state index in [1.165, 1.54) is 0 Å². The summed E-state index contributed by atoms with van der Waals surface area (Å²) in [6, 6.07) is 11.4. The molecule has 0 unspecified atom stereocenters. The van der Waals surface area contributed by atoms with Crippen LogP contribution in [0.4, 0.5) is 0 Å². The van der Waals surface area contributed by atoms with Gasteiger partial charge in [-0.25, -0.2) is 4.98 Å². The Kier molecular flexibility index (Phi) is 5.45. The Labute approximate surface area is 158 Å². The molecule has 0 bridgehead atoms. The Morgan fingerprint density at radius 3 is 2.70 bits per heavy atom. The molecule has 0 aliphatic heterocycles. The van der Waals surface area contributed by atoms with E-state index in [2.05, 4.69) is 10.3 Å². The first-order chi connectivity index (χ1) is 13.0. The third-order valence-electron chi connectivity index (χ3n) is 4.45. The summed E-state index contributed by atoms with van der Waals surface area (Å²) in [5, 5.41) is 3.38. The number of hydrogen-bond donors (Lipinski definition) is 1. The number of rotatable bonds is 5. The number of nitrogens with one attached hydrogen (secondary N) is 1. The molecule has 138 valence electrons. The Bertz CT molecular complexity index is 986. The summed E-state index contributed by atoms with van der Waals surface area (Å²) < 4.78 is 0. The van der Waals surface area contributed by atoms with Crippen molar-refractivity contribution in [1.29, 1.82) is 0 Å². The zero-order valence-corrected chi connectivity index (χ0v) is 15.7. The van der Waals surface area contributed by atoms with Crippen molar-refractivity contribution in [3.8, 4) is 11.3 Å². The molecule has 2 heterocycles. The number of nitrogens with zero attached hydrogens (tertiary/aromatic N) is 3. The predicted molar refractivity (Wildman–Crippen MR) is 105 cm³/mol. The molecule has 1 N–H and O–H groups in total. The number of carbonyl (C=O) groups excluding carboxylic acids is 2. The highest BCUT2D eigenvalue weighted by Gasteiger charge is 2.18. The van der Waals surface area contributed by atoms with Crippen molar-refractivity contribution in [3.05, 3.63) is 59.9 Å². The number of amides is 2. The fraction of sp³-hybridized carbons (Fsp3) is 0.238. The smallest absolute Gasteiger partial charge is 0.254 e. The first-order valence-corrected chi connectivity index (χ1v) is 8.77. The van der Waals surface area contributed by atoms with Gasteiger partial charge in [-0.3, -0.25) is 14.6 Å². The first-order valence-electron chi connectivity index (χ1n) is 8.77. The van der Waals surface area contributed by atoms with E-state index in [1.54, 1.807) is 37.5 Å². The molecule has 6 nitrogen and oxygen atoms in total. The molecule has 2 amide bonds. The van der Waals surface area contributed by atoms with Crippen LogP contribution < -0.4 is 5.32 Å². The molecule has 0 fully saturated rings. The van der Waals surface area contributed by atoms with Gasteiger partial charge in [0.2, 0.25) is 5.91 Å². The largest absolute Gasteiger partial charge is 0.359 e. The zero-order chi connectivity index (χ0) is 19.4. The lowest BCUT2D eigenvalue weighted by Crippen LogP contribution is -2.31. The van der Waals surface area contributed by atoms with E-state index in [0.717, 1.165) is 22.0 Å². The van der Waals surface area contributed by atoms with Crippen LogP contribution in [0.2, 0.25) is 0 Å². The maximum absolute atomic E-state index is 13.1. The van der Waals surface area contributed by atoms with Gasteiger partial charge in [-0.2, -0.15) is 0 Å². The molecule has 0 aliphatic rings. The van der Waals surface area contributed by atoms with Crippen LogP contribution in [0, 0.1) is 6.92 Å². The van der Waals surface area contributed by atoms with Gasteiger partial charge in [0.1, 0.15) is 0 Å². The third-order valence-corrected chi connectivity index (χ3v) is 4.45. The SMILES string of the molecule is CNC(=O)CCN(C)C(=O)c1cc(-c2cccnc2)nc2ccc(C)cc12. The second-order valence-corrected chi connectivity index (χ2v) is 6.47. The minimum absolute atomic E-state index is 0.0962. The van der Waals surface area contributed by atoms with Gasteiger partial charge in [-0.15, -0.1) is 0 Å². The summed E-state index contributed by atoms with van der Waals surface area (Å²) in [6.07, 6.45) is 3.69. The average Bonchev–Trinajstić information content (AvgIpc) is 2.71. The Hall–Kier alpha value is -3.28. The van der Waals surface area contributed by atoms with Crippen LogP contribution >= 0.6 is 0 Å². The van der Waals surface area contributed by atoms with Crippen molar-refractivity contribution >= 4 is 22.7 Å². The molecule has 0 radical (unpaired) electrons. The highest BCUT2D eigenvalue weighted by atomic mass is 16.2. The zero-order valence-electron chi connectivity index (χ0n) is 15.7. The molecule has 0 saturated carbocycles. The summed E-state index contributed by atoms with van der Waals surface area (Å²) in [5.74, 6) is -0.233. The lowest BCUT2D eigenvalue weighted by atomic mass is 10.0. The van der Waals surface area contributed by atoms with Gasteiger partial charge < -0.3 is 10.2 Å². The van der Waals surface area contributed by atoms with Crippen molar-refractivity contribution in [2.24, 2.45) is 0 Å². The van der Waals surface area contributed by atoms with Gasteiger partial charge in [0.05, 0.1) is 16.8 Å². The van der Waals surface area contributed by atoms with E-state index in [4.69, 9.17) is 4.98 Å². The third kappa shape index (κ3) is 4.11. The van der Waals surface area contributed by atoms with Crippen molar-refractivity contribution in [2.75, 3.05) is 20.6 Å². The maximum atomic E-state index is 13.1. The molecule has 1 aromatic carbocycles. The molecule has 0 atom stereocenters. The van der Waals surface area contributed by atoms with Crippen LogP contribution in [-0.4, -0.2) is 47.3 Å². The van der Waals surface area contributed by atoms with E-state index in [1.807, 2.05) is 37.3 Å². The number of benzene rings is 1. The van der Waals surface area contributed by atoms with E-state index >= 15 is 0 Å². The summed E-state index contributed by atoms with van der Waals surface area (Å²) in [7, 11) is 3.29. The first kappa shape index (κ1) is 18.5. The van der Waals surface area contributed by atoms with Crippen LogP contribution in [-0.2, 0) is 4.79 Å². The molecule has 0 saturated heterocycles. The van der Waals surface area contributed by atoms with Crippen molar-refractivity contribution in [3.63, 3.8) is 0 Å². The Balaban J connectivity index is 2.05. The minimum atomic E-state index is -0.137. The maximum Gasteiger partial charge on any atom is 0.254 e. The van der Waals surface area contributed by atoms with E-state index < -0.39 is 0 Å². The molecule has 0 aliphatic carbocycles. The Morgan fingerprint density at radius 1 is 1.19 bits per heavy atom. The van der Waals surface area contributed by atoms with Crippen molar-refractivity contribution in [1.82, 2.24) is 20.2 Å². The van der Waals surface area contributed by atoms with Gasteiger partial charge in [0.15, 0.2) is 0 Å². The topological polar surface area (TPSA) is 75.2 Å². The molecular formula is C21H22N4O2. The van der Waals surface area contributed by atoms with Gasteiger partial charge in [-0.1, -0.05) is 11.6 Å². The number of carbonyl (C=O) groups is 2. The van der Waals surface area contributed by atoms with Crippen LogP contribution in [0.1, 0.15) is 22.3 Å². The normalized spacial score (nSPS) is 10.6. The predicted octanol–water partition coefficient (Wildman–Crippen LogP) is 2.81. The average molecular weight is 362 g/mol. The molecule has 3 aromatic rings. The molecule has 3 rings (SSSR count). The van der Waals surface area contributed by atoms with Crippen LogP contribution in [0.5, 0.6) is 0 Å². The van der Waals surface area contributed by atoms with Gasteiger partial charge in [0.25, 0.3) is 5.91 Å². The standard InChI is InChI=1S/C21H22N4O2/c1-14-6-7-18-16(11-14)17(21(27)25(3)10-8-20(26)22-2)12-19(24-18)15-5-4-9-23-13-15/h4-7,9,11-13H,8,10H2,1-3H3,(H,22,26). The summed E-state index contributed by atoms with van der Waals surface area (Å²) >= 11 is 0. The molecule has 2 aromatic heterocycles. The molecular weight excluding hydrogens is 340 g/mol. The number of pyridine rings is 2. The number of aromatic nitrogens is 2. The second kappa shape index (κ2) is 7.95. The van der Waals surface area contributed by atoms with Gasteiger partial charge >= 0.3 is 0 Å². The lowest BCUT2D eigenvalue weighted by molar-refractivity contribution is -0.120. The summed E-state index contributed by atoms with van der Waals surface area (Å²) in [4.78, 5) is 35.0. The van der Waals surface area contributed by atoms with E-state index in [0.29, 0.717) is 17.8 Å². The summed E-state index contributed by atoms with van der Waals surface area (Å²) in [5.41, 5.74) is 3.93.